The predicted octanol–water partition coefficient (Wildman–Crippen LogP) is 2.07. The molecule has 0 atom stereocenters. The second kappa shape index (κ2) is 6.52. The molecule has 118 valence electrons. The minimum absolute atomic E-state index is 0.0201. The SMILES string of the molecule is Cc1cccc(CC(=O)NCCc2ccc3[nH]c(=O)[nH]c3c2)c1. The fourth-order valence-electron chi connectivity index (χ4n) is 2.65. The Morgan fingerprint density at radius 2 is 1.87 bits per heavy atom. The Morgan fingerprint density at radius 1 is 1.04 bits per heavy atom. The van der Waals surface area contributed by atoms with Gasteiger partial charge in [-0.3, -0.25) is 4.79 Å². The van der Waals surface area contributed by atoms with Gasteiger partial charge in [-0.05, 0) is 36.6 Å². The molecule has 0 saturated heterocycles. The number of carbonyl (C=O) groups is 1. The number of benzene rings is 2. The number of hydrogen-bond acceptors (Lipinski definition) is 2. The van der Waals surface area contributed by atoms with Crippen LogP contribution >= 0.6 is 0 Å². The molecule has 0 aliphatic rings. The number of H-pyrrole nitrogens is 2. The second-order valence-electron chi connectivity index (χ2n) is 5.72. The van der Waals surface area contributed by atoms with Crippen LogP contribution in [0, 0.1) is 6.92 Å². The van der Waals surface area contributed by atoms with Crippen molar-refractivity contribution in [1.29, 1.82) is 0 Å². The summed E-state index contributed by atoms with van der Waals surface area (Å²) in [5.41, 5.74) is 4.63. The molecule has 1 amide bonds. The summed E-state index contributed by atoms with van der Waals surface area (Å²) in [6.07, 6.45) is 1.12. The van der Waals surface area contributed by atoms with Crippen LogP contribution in [-0.2, 0) is 17.6 Å². The number of rotatable bonds is 5. The molecule has 3 rings (SSSR count). The Hall–Kier alpha value is -2.82. The summed E-state index contributed by atoms with van der Waals surface area (Å²) in [5.74, 6) is 0.0201. The van der Waals surface area contributed by atoms with Crippen LogP contribution in [0.3, 0.4) is 0 Å². The first-order valence-electron chi connectivity index (χ1n) is 7.63. The highest BCUT2D eigenvalue weighted by atomic mass is 16.1. The number of amides is 1. The molecule has 0 aliphatic heterocycles. The topological polar surface area (TPSA) is 77.8 Å². The monoisotopic (exact) mass is 309 g/mol. The first-order valence-corrected chi connectivity index (χ1v) is 7.63. The van der Waals surface area contributed by atoms with Gasteiger partial charge >= 0.3 is 5.69 Å². The third-order valence-electron chi connectivity index (χ3n) is 3.76. The highest BCUT2D eigenvalue weighted by molar-refractivity contribution is 5.78. The van der Waals surface area contributed by atoms with E-state index in [4.69, 9.17) is 0 Å². The highest BCUT2D eigenvalue weighted by Gasteiger charge is 2.04. The first kappa shape index (κ1) is 15.1. The van der Waals surface area contributed by atoms with Gasteiger partial charge in [0.2, 0.25) is 5.91 Å². The van der Waals surface area contributed by atoms with Crippen LogP contribution in [0.5, 0.6) is 0 Å². The van der Waals surface area contributed by atoms with Crippen LogP contribution in [0.1, 0.15) is 16.7 Å². The molecule has 0 aliphatic carbocycles. The normalized spacial score (nSPS) is 10.8. The van der Waals surface area contributed by atoms with E-state index < -0.39 is 0 Å². The van der Waals surface area contributed by atoms with Crippen LogP contribution in [0.15, 0.2) is 47.3 Å². The lowest BCUT2D eigenvalue weighted by molar-refractivity contribution is -0.120. The van der Waals surface area contributed by atoms with Gasteiger partial charge in [-0.2, -0.15) is 0 Å². The molecule has 3 N–H and O–H groups in total. The van der Waals surface area contributed by atoms with Gasteiger partial charge < -0.3 is 15.3 Å². The Balaban J connectivity index is 1.53. The molecule has 5 nitrogen and oxygen atoms in total. The minimum atomic E-state index is -0.205. The molecule has 5 heteroatoms. The summed E-state index contributed by atoms with van der Waals surface area (Å²) in [5, 5.41) is 2.93. The van der Waals surface area contributed by atoms with Crippen molar-refractivity contribution in [3.05, 3.63) is 69.6 Å². The fraction of sp³-hybridized carbons (Fsp3) is 0.222. The van der Waals surface area contributed by atoms with E-state index >= 15 is 0 Å². The van der Waals surface area contributed by atoms with Gasteiger partial charge in [0.25, 0.3) is 0 Å². The zero-order chi connectivity index (χ0) is 16.2. The number of carbonyl (C=O) groups excluding carboxylic acids is 1. The van der Waals surface area contributed by atoms with E-state index in [-0.39, 0.29) is 11.6 Å². The molecule has 0 fully saturated rings. The van der Waals surface area contributed by atoms with Crippen molar-refractivity contribution < 1.29 is 4.79 Å². The van der Waals surface area contributed by atoms with E-state index in [1.807, 2.05) is 49.4 Å². The lowest BCUT2D eigenvalue weighted by atomic mass is 10.1. The van der Waals surface area contributed by atoms with Crippen molar-refractivity contribution in [2.75, 3.05) is 6.54 Å². The molecule has 0 spiro atoms. The maximum absolute atomic E-state index is 12.0. The third kappa shape index (κ3) is 3.88. The standard InChI is InChI=1S/C18H19N3O2/c1-12-3-2-4-14(9-12)11-17(22)19-8-7-13-5-6-15-16(10-13)21-18(23)20-15/h2-6,9-10H,7-8,11H2,1H3,(H,19,22)(H2,20,21,23). The number of imidazole rings is 1. The Morgan fingerprint density at radius 3 is 2.70 bits per heavy atom. The molecular weight excluding hydrogens is 290 g/mol. The van der Waals surface area contributed by atoms with E-state index in [1.54, 1.807) is 0 Å². The predicted molar refractivity (Wildman–Crippen MR) is 90.5 cm³/mol. The van der Waals surface area contributed by atoms with Crippen molar-refractivity contribution >= 4 is 16.9 Å². The van der Waals surface area contributed by atoms with Crippen molar-refractivity contribution in [3.63, 3.8) is 0 Å². The molecule has 2 aromatic carbocycles. The lowest BCUT2D eigenvalue weighted by Gasteiger charge is -2.06. The number of aromatic nitrogens is 2. The van der Waals surface area contributed by atoms with Crippen LogP contribution < -0.4 is 11.0 Å². The van der Waals surface area contributed by atoms with Gasteiger partial charge in [-0.1, -0.05) is 35.9 Å². The van der Waals surface area contributed by atoms with E-state index in [2.05, 4.69) is 15.3 Å². The summed E-state index contributed by atoms with van der Waals surface area (Å²) in [6, 6.07) is 13.7. The van der Waals surface area contributed by atoms with Crippen molar-refractivity contribution in [2.24, 2.45) is 0 Å². The van der Waals surface area contributed by atoms with Crippen molar-refractivity contribution in [3.8, 4) is 0 Å². The molecule has 0 unspecified atom stereocenters. The molecule has 0 bridgehead atoms. The smallest absolute Gasteiger partial charge is 0.323 e. The van der Waals surface area contributed by atoms with E-state index in [9.17, 15) is 9.59 Å². The average Bonchev–Trinajstić information content (AvgIpc) is 2.86. The summed E-state index contributed by atoms with van der Waals surface area (Å²) in [7, 11) is 0. The molecule has 1 heterocycles. The molecule has 3 aromatic rings. The van der Waals surface area contributed by atoms with Gasteiger partial charge in [0.15, 0.2) is 0 Å². The van der Waals surface area contributed by atoms with Gasteiger partial charge in [-0.15, -0.1) is 0 Å². The Labute approximate surface area is 133 Å². The van der Waals surface area contributed by atoms with Crippen LogP contribution in [-0.4, -0.2) is 22.4 Å². The number of aryl methyl sites for hydroxylation is 1. The summed E-state index contributed by atoms with van der Waals surface area (Å²) in [6.45, 7) is 2.59. The number of nitrogens with one attached hydrogen (secondary N) is 3. The second-order valence-corrected chi connectivity index (χ2v) is 5.72. The molecular formula is C18H19N3O2. The lowest BCUT2D eigenvalue weighted by Crippen LogP contribution is -2.27. The largest absolute Gasteiger partial charge is 0.355 e. The van der Waals surface area contributed by atoms with Crippen molar-refractivity contribution in [1.82, 2.24) is 15.3 Å². The Bertz CT molecular complexity index is 892. The Kier molecular flexibility index (Phi) is 4.28. The summed E-state index contributed by atoms with van der Waals surface area (Å²) < 4.78 is 0. The van der Waals surface area contributed by atoms with Gasteiger partial charge in [-0.25, -0.2) is 4.79 Å². The van der Waals surface area contributed by atoms with Gasteiger partial charge in [0, 0.05) is 6.54 Å². The average molecular weight is 309 g/mol. The van der Waals surface area contributed by atoms with E-state index in [1.165, 1.54) is 0 Å². The van der Waals surface area contributed by atoms with Crippen molar-refractivity contribution in [2.45, 2.75) is 19.8 Å². The fourth-order valence-corrected chi connectivity index (χ4v) is 2.65. The number of fused-ring (bicyclic) bond motifs is 1. The van der Waals surface area contributed by atoms with Crippen LogP contribution in [0.2, 0.25) is 0 Å². The summed E-state index contributed by atoms with van der Waals surface area (Å²) in [4.78, 5) is 28.6. The van der Waals surface area contributed by atoms with Gasteiger partial charge in [0.1, 0.15) is 0 Å². The minimum Gasteiger partial charge on any atom is -0.355 e. The van der Waals surface area contributed by atoms with Gasteiger partial charge in [0.05, 0.1) is 17.5 Å². The number of aromatic amines is 2. The van der Waals surface area contributed by atoms with E-state index in [0.717, 1.165) is 34.1 Å². The van der Waals surface area contributed by atoms with E-state index in [0.29, 0.717) is 13.0 Å². The van der Waals surface area contributed by atoms with Crippen LogP contribution in [0.4, 0.5) is 0 Å². The summed E-state index contributed by atoms with van der Waals surface area (Å²) >= 11 is 0. The quantitative estimate of drug-likeness (QED) is 0.674. The molecule has 1 aromatic heterocycles. The zero-order valence-electron chi connectivity index (χ0n) is 13.0. The maximum Gasteiger partial charge on any atom is 0.323 e. The molecule has 0 radical (unpaired) electrons. The third-order valence-corrected chi connectivity index (χ3v) is 3.76. The molecule has 23 heavy (non-hydrogen) atoms. The zero-order valence-corrected chi connectivity index (χ0v) is 13.0. The maximum atomic E-state index is 12.0. The van der Waals surface area contributed by atoms with Crippen LogP contribution in [0.25, 0.3) is 11.0 Å². The first-order chi connectivity index (χ1) is 11.1. The molecule has 0 saturated carbocycles. The number of hydrogen-bond donors (Lipinski definition) is 3. The highest BCUT2D eigenvalue weighted by Crippen LogP contribution is 2.10.